The van der Waals surface area contributed by atoms with E-state index in [-0.39, 0.29) is 12.2 Å². The van der Waals surface area contributed by atoms with Gasteiger partial charge in [-0.3, -0.25) is 9.59 Å². The molecule has 0 bridgehead atoms. The minimum absolute atomic E-state index is 0.156. The molecular formula is C24H28ClF3N2O3S. The molecule has 5 nitrogen and oxygen atoms in total. The minimum atomic E-state index is -1.57. The van der Waals surface area contributed by atoms with Crippen molar-refractivity contribution in [3.8, 4) is 0 Å². The van der Waals surface area contributed by atoms with Crippen LogP contribution in [0.4, 0.5) is 18.9 Å². The maximum atomic E-state index is 13.4. The lowest BCUT2D eigenvalue weighted by atomic mass is 9.71. The Kier molecular flexibility index (Phi) is 10.7. The normalized spacial score (nSPS) is 19.9. The van der Waals surface area contributed by atoms with E-state index in [4.69, 9.17) is 21.5 Å². The largest absolute Gasteiger partial charge is 0.483 e. The predicted molar refractivity (Wildman–Crippen MR) is 129 cm³/mol. The Balaban J connectivity index is 0.00000129. The van der Waals surface area contributed by atoms with Crippen LogP contribution in [0.3, 0.4) is 0 Å². The number of anilines is 1. The summed E-state index contributed by atoms with van der Waals surface area (Å²) in [5.41, 5.74) is 0.154. The number of thioether (sulfide) groups is 1. The van der Waals surface area contributed by atoms with Crippen LogP contribution in [0.1, 0.15) is 37.0 Å². The molecule has 34 heavy (non-hydrogen) atoms. The summed E-state index contributed by atoms with van der Waals surface area (Å²) in [6.07, 6.45) is 2.30. The van der Waals surface area contributed by atoms with Gasteiger partial charge < -0.3 is 15.7 Å². The molecule has 1 aliphatic rings. The van der Waals surface area contributed by atoms with Crippen molar-refractivity contribution in [2.75, 3.05) is 18.9 Å². The summed E-state index contributed by atoms with van der Waals surface area (Å²) in [4.78, 5) is 21.8. The smallest absolute Gasteiger partial charge is 0.290 e. The second-order valence-corrected chi connectivity index (χ2v) is 10.0. The lowest BCUT2D eigenvalue weighted by Gasteiger charge is -2.44. The molecule has 0 saturated heterocycles. The topological polar surface area (TPSA) is 78.4 Å². The molecule has 1 amide bonds. The Morgan fingerprint density at radius 2 is 1.88 bits per heavy atom. The number of halogens is 4. The zero-order chi connectivity index (χ0) is 25.4. The van der Waals surface area contributed by atoms with Crippen LogP contribution in [0.2, 0.25) is 5.02 Å². The molecule has 3 N–H and O–H groups in total. The average Bonchev–Trinajstić information content (AvgIpc) is 2.77. The van der Waals surface area contributed by atoms with Crippen molar-refractivity contribution in [1.29, 1.82) is 0 Å². The van der Waals surface area contributed by atoms with E-state index < -0.39 is 23.4 Å². The summed E-state index contributed by atoms with van der Waals surface area (Å²) in [6.45, 7) is 5.18. The highest BCUT2D eigenvalue weighted by molar-refractivity contribution is 8.00. The Labute approximate surface area is 206 Å². The van der Waals surface area contributed by atoms with Crippen molar-refractivity contribution in [3.63, 3.8) is 0 Å². The van der Waals surface area contributed by atoms with Gasteiger partial charge in [0.05, 0.1) is 5.02 Å². The molecule has 1 fully saturated rings. The lowest BCUT2D eigenvalue weighted by molar-refractivity contribution is -0.122. The van der Waals surface area contributed by atoms with Gasteiger partial charge in [-0.1, -0.05) is 25.4 Å². The number of amides is 1. The van der Waals surface area contributed by atoms with E-state index >= 15 is 0 Å². The molecule has 2 aromatic rings. The number of nitrogens with one attached hydrogen (secondary N) is 2. The highest BCUT2D eigenvalue weighted by Crippen LogP contribution is 2.49. The summed E-state index contributed by atoms with van der Waals surface area (Å²) in [5, 5.41) is 13.5. The second-order valence-electron chi connectivity index (χ2n) is 8.41. The molecule has 0 spiro atoms. The van der Waals surface area contributed by atoms with Crippen molar-refractivity contribution in [2.45, 2.75) is 36.8 Å². The summed E-state index contributed by atoms with van der Waals surface area (Å²) in [6, 6.07) is 6.38. The maximum Gasteiger partial charge on any atom is 0.290 e. The van der Waals surface area contributed by atoms with Gasteiger partial charge in [-0.2, -0.15) is 0 Å². The molecule has 3 rings (SSSR count). The average molecular weight is 517 g/mol. The number of carboxylic acid groups (broad SMARTS) is 1. The fourth-order valence-electron chi connectivity index (χ4n) is 4.12. The van der Waals surface area contributed by atoms with Gasteiger partial charge in [0.1, 0.15) is 0 Å². The van der Waals surface area contributed by atoms with E-state index in [1.165, 1.54) is 6.42 Å². The zero-order valence-electron chi connectivity index (χ0n) is 19.1. The molecule has 186 valence electrons. The molecule has 0 radical (unpaired) electrons. The van der Waals surface area contributed by atoms with Crippen molar-refractivity contribution >= 4 is 41.4 Å². The maximum absolute atomic E-state index is 13.4. The Hall–Kier alpha value is -2.23. The second kappa shape index (κ2) is 13.0. The fourth-order valence-corrected chi connectivity index (χ4v) is 5.80. The molecule has 10 heteroatoms. The monoisotopic (exact) mass is 516 g/mol. The van der Waals surface area contributed by atoms with Gasteiger partial charge in [-0.05, 0) is 62.4 Å². The third kappa shape index (κ3) is 7.38. The van der Waals surface area contributed by atoms with Gasteiger partial charge in [0.2, 0.25) is 0 Å². The molecule has 0 aliphatic heterocycles. The molecule has 0 aromatic heterocycles. The number of hydrogen-bond acceptors (Lipinski definition) is 4. The van der Waals surface area contributed by atoms with Crippen LogP contribution in [0.5, 0.6) is 0 Å². The predicted octanol–water partition coefficient (Wildman–Crippen LogP) is 6.07. The standard InChI is InChI=1S/C23H26ClF3N2OS.CH2O2/c1-12(11-28-3)6-15-7-13(2)22(15)31-20-8-14(4-5-17(20)24)23(30)29-16-9-18(25)21(27)19(26)10-16;2-1-3/h4-5,8-10,12-13,15,22,28H,6-7,11H2,1-3H3,(H,29,30);1H,(H,2,3). The van der Waals surface area contributed by atoms with E-state index in [9.17, 15) is 18.0 Å². The summed E-state index contributed by atoms with van der Waals surface area (Å²) < 4.78 is 40.0. The first-order valence-corrected chi connectivity index (χ1v) is 12.0. The Morgan fingerprint density at radius 1 is 1.26 bits per heavy atom. The number of carbonyl (C=O) groups is 2. The van der Waals surface area contributed by atoms with Crippen molar-refractivity contribution < 1.29 is 27.9 Å². The van der Waals surface area contributed by atoms with Crippen LogP contribution in [-0.4, -0.2) is 36.3 Å². The molecule has 0 heterocycles. The van der Waals surface area contributed by atoms with Gasteiger partial charge in [0.25, 0.3) is 12.4 Å². The minimum Gasteiger partial charge on any atom is -0.483 e. The van der Waals surface area contributed by atoms with Crippen molar-refractivity contribution in [1.82, 2.24) is 5.32 Å². The van der Waals surface area contributed by atoms with Crippen molar-refractivity contribution in [2.24, 2.45) is 17.8 Å². The van der Waals surface area contributed by atoms with Crippen LogP contribution < -0.4 is 10.6 Å². The highest BCUT2D eigenvalue weighted by atomic mass is 35.5. The van der Waals surface area contributed by atoms with Gasteiger partial charge >= 0.3 is 0 Å². The molecule has 4 unspecified atom stereocenters. The van der Waals surface area contributed by atoms with E-state index in [1.54, 1.807) is 30.0 Å². The third-order valence-electron chi connectivity index (χ3n) is 5.66. The van der Waals surface area contributed by atoms with Crippen LogP contribution >= 0.6 is 23.4 Å². The Morgan fingerprint density at radius 3 is 2.44 bits per heavy atom. The first-order valence-electron chi connectivity index (χ1n) is 10.8. The van der Waals surface area contributed by atoms with E-state index in [2.05, 4.69) is 24.5 Å². The molecule has 1 aliphatic carbocycles. The SMILES string of the molecule is CNCC(C)CC1CC(C)C1Sc1cc(C(=O)Nc2cc(F)c(F)c(F)c2)ccc1Cl.O=CO. The van der Waals surface area contributed by atoms with Crippen molar-refractivity contribution in [3.05, 3.63) is 58.4 Å². The number of rotatable bonds is 8. The van der Waals surface area contributed by atoms with Gasteiger partial charge in [0.15, 0.2) is 17.5 Å². The Bertz CT molecular complexity index is 988. The molecular weight excluding hydrogens is 489 g/mol. The van der Waals surface area contributed by atoms with Crippen LogP contribution in [0.25, 0.3) is 0 Å². The van der Waals surface area contributed by atoms with Gasteiger partial charge in [-0.25, -0.2) is 13.2 Å². The molecule has 1 saturated carbocycles. The third-order valence-corrected chi connectivity index (χ3v) is 7.81. The summed E-state index contributed by atoms with van der Waals surface area (Å²) in [5.74, 6) is -3.13. The first kappa shape index (κ1) is 28.0. The van der Waals surface area contributed by atoms with E-state index in [1.807, 2.05) is 7.05 Å². The van der Waals surface area contributed by atoms with Crippen LogP contribution in [0, 0.1) is 35.2 Å². The summed E-state index contributed by atoms with van der Waals surface area (Å²) in [7, 11) is 1.96. The first-order chi connectivity index (χ1) is 16.1. The highest BCUT2D eigenvalue weighted by Gasteiger charge is 2.39. The molecule has 4 atom stereocenters. The quantitative estimate of drug-likeness (QED) is 0.293. The van der Waals surface area contributed by atoms with E-state index in [0.717, 1.165) is 30.0 Å². The molecule has 2 aromatic carbocycles. The van der Waals surface area contributed by atoms with Gasteiger partial charge in [-0.15, -0.1) is 11.8 Å². The fraction of sp³-hybridized carbons (Fsp3) is 0.417. The van der Waals surface area contributed by atoms with E-state index in [0.29, 0.717) is 33.6 Å². The zero-order valence-corrected chi connectivity index (χ0v) is 20.7. The number of carbonyl (C=O) groups excluding carboxylic acids is 1. The lowest BCUT2D eigenvalue weighted by Crippen LogP contribution is -2.39. The number of benzene rings is 2. The summed E-state index contributed by atoms with van der Waals surface area (Å²) >= 11 is 8.07. The number of hydrogen-bond donors (Lipinski definition) is 3. The van der Waals surface area contributed by atoms with Crippen LogP contribution in [-0.2, 0) is 4.79 Å². The van der Waals surface area contributed by atoms with Crippen LogP contribution in [0.15, 0.2) is 35.2 Å². The van der Waals surface area contributed by atoms with Gasteiger partial charge in [0, 0.05) is 33.5 Å².